The van der Waals surface area contributed by atoms with Crippen LogP contribution < -0.4 is 5.32 Å². The first-order chi connectivity index (χ1) is 8.97. The summed E-state index contributed by atoms with van der Waals surface area (Å²) in [5.74, 6) is -0.247. The fourth-order valence-electron chi connectivity index (χ4n) is 1.81. The van der Waals surface area contributed by atoms with Crippen molar-refractivity contribution in [3.63, 3.8) is 0 Å². The predicted octanol–water partition coefficient (Wildman–Crippen LogP) is 4.54. The zero-order chi connectivity index (χ0) is 14.0. The van der Waals surface area contributed by atoms with Crippen LogP contribution in [0.25, 0.3) is 0 Å². The Kier molecular flexibility index (Phi) is 4.24. The van der Waals surface area contributed by atoms with Crippen LogP contribution >= 0.6 is 15.9 Å². The van der Waals surface area contributed by atoms with Crippen LogP contribution in [0.2, 0.25) is 0 Å². The summed E-state index contributed by atoms with van der Waals surface area (Å²) in [6, 6.07) is 5.46. The molecule has 1 heterocycles. The first-order valence-electron chi connectivity index (χ1n) is 6.23. The summed E-state index contributed by atoms with van der Waals surface area (Å²) < 4.78 is 15.6. The van der Waals surface area contributed by atoms with Crippen LogP contribution in [0, 0.1) is 5.82 Å². The molecule has 1 N–H and O–H groups in total. The normalized spacial score (nSPS) is 12.7. The maximum atomic E-state index is 13.2. The summed E-state index contributed by atoms with van der Waals surface area (Å²) >= 11 is 3.20. The summed E-state index contributed by atoms with van der Waals surface area (Å²) in [5, 5.41) is 7.63. The van der Waals surface area contributed by atoms with Crippen LogP contribution in [0.15, 0.2) is 35.1 Å². The van der Waals surface area contributed by atoms with Gasteiger partial charge in [-0.05, 0) is 54.4 Å². The van der Waals surface area contributed by atoms with Gasteiger partial charge in [-0.2, -0.15) is 5.10 Å². The van der Waals surface area contributed by atoms with E-state index in [1.165, 1.54) is 6.07 Å². The third kappa shape index (κ3) is 3.35. The molecular weight excluding hydrogens is 309 g/mol. The quantitative estimate of drug-likeness (QED) is 0.894. The highest BCUT2D eigenvalue weighted by Crippen LogP contribution is 2.24. The largest absolute Gasteiger partial charge is 0.376 e. The van der Waals surface area contributed by atoms with Crippen LogP contribution in [-0.2, 0) is 0 Å². The minimum atomic E-state index is -0.247. The molecule has 1 aromatic heterocycles. The molecule has 0 aliphatic carbocycles. The average Bonchev–Trinajstić information content (AvgIpc) is 2.81. The maximum Gasteiger partial charge on any atom is 0.137 e. The van der Waals surface area contributed by atoms with Gasteiger partial charge >= 0.3 is 0 Å². The molecule has 102 valence electrons. The van der Waals surface area contributed by atoms with E-state index in [1.807, 2.05) is 17.8 Å². The van der Waals surface area contributed by atoms with Gasteiger partial charge in [-0.3, -0.25) is 4.68 Å². The first-order valence-corrected chi connectivity index (χ1v) is 7.02. The van der Waals surface area contributed by atoms with Crippen molar-refractivity contribution in [1.29, 1.82) is 0 Å². The summed E-state index contributed by atoms with van der Waals surface area (Å²) in [5.41, 5.74) is 1.98. The smallest absolute Gasteiger partial charge is 0.137 e. The maximum absolute atomic E-state index is 13.2. The Balaban J connectivity index is 2.11. The number of benzene rings is 1. The van der Waals surface area contributed by atoms with Crippen molar-refractivity contribution in [2.24, 2.45) is 0 Å². The number of rotatable bonds is 4. The first kappa shape index (κ1) is 14.1. The van der Waals surface area contributed by atoms with E-state index in [2.05, 4.69) is 40.2 Å². The molecule has 0 amide bonds. The van der Waals surface area contributed by atoms with E-state index >= 15 is 0 Å². The Morgan fingerprint density at radius 1 is 1.32 bits per heavy atom. The van der Waals surface area contributed by atoms with E-state index in [9.17, 15) is 4.39 Å². The third-order valence-electron chi connectivity index (χ3n) is 2.96. The number of hydrogen-bond donors (Lipinski definition) is 1. The molecule has 2 aromatic rings. The number of halogens is 2. The molecule has 0 saturated carbocycles. The summed E-state index contributed by atoms with van der Waals surface area (Å²) in [7, 11) is 0. The number of nitrogens with one attached hydrogen (secondary N) is 1. The molecule has 5 heteroatoms. The summed E-state index contributed by atoms with van der Waals surface area (Å²) in [6.07, 6.45) is 3.77. The van der Waals surface area contributed by atoms with Crippen molar-refractivity contribution in [2.45, 2.75) is 32.9 Å². The molecule has 0 spiro atoms. The van der Waals surface area contributed by atoms with E-state index in [1.54, 1.807) is 18.3 Å². The van der Waals surface area contributed by atoms with E-state index in [0.717, 1.165) is 11.3 Å². The number of hydrogen-bond acceptors (Lipinski definition) is 2. The minimum Gasteiger partial charge on any atom is -0.376 e. The lowest BCUT2D eigenvalue weighted by Gasteiger charge is -2.14. The highest BCUT2D eigenvalue weighted by molar-refractivity contribution is 9.10. The second-order valence-electron chi connectivity index (χ2n) is 4.84. The molecule has 0 saturated heterocycles. The third-order valence-corrected chi connectivity index (χ3v) is 3.57. The lowest BCUT2D eigenvalue weighted by Crippen LogP contribution is -2.06. The standard InChI is InChI=1S/C14H17BrFN3/c1-9(2)19-8-12(7-17-19)18-10(3)11-4-5-14(16)13(15)6-11/h4-10,18H,1-3H3. The lowest BCUT2D eigenvalue weighted by atomic mass is 10.1. The fraction of sp³-hybridized carbons (Fsp3) is 0.357. The zero-order valence-corrected chi connectivity index (χ0v) is 12.8. The SMILES string of the molecule is CC(Nc1cnn(C(C)C)c1)c1ccc(F)c(Br)c1. The van der Waals surface area contributed by atoms with Crippen molar-refractivity contribution >= 4 is 21.6 Å². The van der Waals surface area contributed by atoms with Crippen molar-refractivity contribution in [3.8, 4) is 0 Å². The van der Waals surface area contributed by atoms with Crippen molar-refractivity contribution in [3.05, 3.63) is 46.4 Å². The summed E-state index contributed by atoms with van der Waals surface area (Å²) in [6.45, 7) is 6.20. The monoisotopic (exact) mass is 325 g/mol. The van der Waals surface area contributed by atoms with Crippen LogP contribution in [-0.4, -0.2) is 9.78 Å². The minimum absolute atomic E-state index is 0.0849. The number of aromatic nitrogens is 2. The molecule has 0 bridgehead atoms. The Morgan fingerprint density at radius 3 is 2.63 bits per heavy atom. The average molecular weight is 326 g/mol. The zero-order valence-electron chi connectivity index (χ0n) is 11.2. The van der Waals surface area contributed by atoms with E-state index in [0.29, 0.717) is 10.5 Å². The Labute approximate surface area is 121 Å². The molecule has 1 aromatic carbocycles. The Bertz CT molecular complexity index is 566. The van der Waals surface area contributed by atoms with E-state index in [4.69, 9.17) is 0 Å². The molecule has 3 nitrogen and oxygen atoms in total. The molecule has 1 atom stereocenters. The molecule has 0 aliphatic rings. The topological polar surface area (TPSA) is 29.9 Å². The van der Waals surface area contributed by atoms with Crippen LogP contribution in [0.1, 0.15) is 38.4 Å². The van der Waals surface area contributed by atoms with Gasteiger partial charge in [-0.25, -0.2) is 4.39 Å². The van der Waals surface area contributed by atoms with E-state index < -0.39 is 0 Å². The molecule has 0 radical (unpaired) electrons. The van der Waals surface area contributed by atoms with Gasteiger partial charge in [-0.15, -0.1) is 0 Å². The van der Waals surface area contributed by atoms with Crippen LogP contribution in [0.5, 0.6) is 0 Å². The van der Waals surface area contributed by atoms with Gasteiger partial charge in [0.1, 0.15) is 5.82 Å². The van der Waals surface area contributed by atoms with E-state index in [-0.39, 0.29) is 11.9 Å². The van der Waals surface area contributed by atoms with Crippen LogP contribution in [0.4, 0.5) is 10.1 Å². The van der Waals surface area contributed by atoms with Gasteiger partial charge in [0.15, 0.2) is 0 Å². The van der Waals surface area contributed by atoms with Gasteiger partial charge in [0.2, 0.25) is 0 Å². The van der Waals surface area contributed by atoms with Crippen molar-refractivity contribution in [2.75, 3.05) is 5.32 Å². The lowest BCUT2D eigenvalue weighted by molar-refractivity contribution is 0.532. The summed E-state index contributed by atoms with van der Waals surface area (Å²) in [4.78, 5) is 0. The van der Waals surface area contributed by atoms with Crippen LogP contribution in [0.3, 0.4) is 0 Å². The predicted molar refractivity (Wildman–Crippen MR) is 78.7 cm³/mol. The molecule has 0 fully saturated rings. The van der Waals surface area contributed by atoms with Gasteiger partial charge in [0, 0.05) is 18.3 Å². The fourth-order valence-corrected chi connectivity index (χ4v) is 2.21. The Morgan fingerprint density at radius 2 is 2.05 bits per heavy atom. The molecule has 1 unspecified atom stereocenters. The van der Waals surface area contributed by atoms with Crippen molar-refractivity contribution < 1.29 is 4.39 Å². The highest BCUT2D eigenvalue weighted by Gasteiger charge is 2.09. The van der Waals surface area contributed by atoms with Gasteiger partial charge < -0.3 is 5.32 Å². The highest BCUT2D eigenvalue weighted by atomic mass is 79.9. The second kappa shape index (κ2) is 5.74. The molecule has 2 rings (SSSR count). The second-order valence-corrected chi connectivity index (χ2v) is 5.70. The number of anilines is 1. The molecule has 19 heavy (non-hydrogen) atoms. The molecular formula is C14H17BrFN3. The molecule has 0 aliphatic heterocycles. The van der Waals surface area contributed by atoms with Crippen molar-refractivity contribution in [1.82, 2.24) is 9.78 Å². The van der Waals surface area contributed by atoms with Gasteiger partial charge in [-0.1, -0.05) is 6.07 Å². The van der Waals surface area contributed by atoms with Gasteiger partial charge in [0.05, 0.1) is 16.4 Å². The Hall–Kier alpha value is -1.36. The number of nitrogens with zero attached hydrogens (tertiary/aromatic N) is 2. The van der Waals surface area contributed by atoms with Gasteiger partial charge in [0.25, 0.3) is 0 Å².